The van der Waals surface area contributed by atoms with Gasteiger partial charge in [-0.3, -0.25) is 4.79 Å². The number of nitrogens with one attached hydrogen (secondary N) is 1. The first-order valence-electron chi connectivity index (χ1n) is 8.25. The van der Waals surface area contributed by atoms with Gasteiger partial charge in [-0.1, -0.05) is 0 Å². The molecule has 21 heavy (non-hydrogen) atoms. The van der Waals surface area contributed by atoms with Crippen LogP contribution in [0, 0.1) is 37.0 Å². The molecule has 0 saturated heterocycles. The number of rotatable bonds is 3. The summed E-state index contributed by atoms with van der Waals surface area (Å²) < 4.78 is 5.56. The van der Waals surface area contributed by atoms with Gasteiger partial charge in [0, 0.05) is 5.41 Å². The molecular formula is C17H24N2O2. The Kier molecular flexibility index (Phi) is 2.92. The molecule has 4 bridgehead atoms. The van der Waals surface area contributed by atoms with Gasteiger partial charge >= 0.3 is 0 Å². The Balaban J connectivity index is 1.45. The van der Waals surface area contributed by atoms with E-state index in [1.54, 1.807) is 0 Å². The summed E-state index contributed by atoms with van der Waals surface area (Å²) in [4.78, 5) is 17.1. The average molecular weight is 288 g/mol. The molecule has 0 aromatic carbocycles. The minimum Gasteiger partial charge on any atom is -0.444 e. The van der Waals surface area contributed by atoms with Crippen molar-refractivity contribution < 1.29 is 9.21 Å². The molecule has 4 aliphatic rings. The first-order chi connectivity index (χ1) is 10.0. The first-order valence-corrected chi connectivity index (χ1v) is 8.25. The number of aromatic nitrogens is 1. The zero-order valence-electron chi connectivity index (χ0n) is 12.9. The molecule has 0 aliphatic heterocycles. The highest BCUT2D eigenvalue weighted by Gasteiger charge is 2.54. The maximum atomic E-state index is 12.8. The normalized spacial score (nSPS) is 37.0. The number of amides is 1. The number of aryl methyl sites for hydroxylation is 2. The smallest absolute Gasteiger partial charge is 0.226 e. The first kappa shape index (κ1) is 13.4. The van der Waals surface area contributed by atoms with E-state index < -0.39 is 0 Å². The third-order valence-electron chi connectivity index (χ3n) is 5.99. The maximum absolute atomic E-state index is 12.8. The Labute approximate surface area is 125 Å². The summed E-state index contributed by atoms with van der Waals surface area (Å²) in [5.41, 5.74) is 0.833. The monoisotopic (exact) mass is 288 g/mol. The Morgan fingerprint density at radius 2 is 1.76 bits per heavy atom. The van der Waals surface area contributed by atoms with Gasteiger partial charge in [-0.15, -0.1) is 0 Å². The fraction of sp³-hybridized carbons (Fsp3) is 0.765. The number of carbonyl (C=O) groups excluding carboxylic acids is 1. The summed E-state index contributed by atoms with van der Waals surface area (Å²) in [6.07, 6.45) is 7.41. The van der Waals surface area contributed by atoms with Gasteiger partial charge in [0.2, 0.25) is 11.8 Å². The average Bonchev–Trinajstić information content (AvgIpc) is 2.73. The van der Waals surface area contributed by atoms with Crippen molar-refractivity contribution in [3.05, 3.63) is 17.3 Å². The molecule has 4 fully saturated rings. The lowest BCUT2D eigenvalue weighted by atomic mass is 9.49. The van der Waals surface area contributed by atoms with Gasteiger partial charge < -0.3 is 9.73 Å². The minimum absolute atomic E-state index is 0.0779. The number of oxazole rings is 1. The summed E-state index contributed by atoms with van der Waals surface area (Å²) in [7, 11) is 0. The van der Waals surface area contributed by atoms with Crippen molar-refractivity contribution in [1.29, 1.82) is 0 Å². The molecule has 4 saturated carbocycles. The van der Waals surface area contributed by atoms with Gasteiger partial charge in [-0.05, 0) is 70.1 Å². The van der Waals surface area contributed by atoms with Crippen LogP contribution < -0.4 is 5.32 Å². The number of hydrogen-bond acceptors (Lipinski definition) is 3. The standard InChI is InChI=1S/C17H24N2O2/c1-10-11(2)21-15(19-10)9-18-16(20)17-6-12-3-13(7-17)5-14(4-12)8-17/h12-14H,3-9H2,1-2H3,(H,18,20). The van der Waals surface area contributed by atoms with Crippen LogP contribution in [-0.2, 0) is 11.3 Å². The largest absolute Gasteiger partial charge is 0.444 e. The van der Waals surface area contributed by atoms with Crippen molar-refractivity contribution in [2.24, 2.45) is 23.2 Å². The van der Waals surface area contributed by atoms with Crippen molar-refractivity contribution in [3.63, 3.8) is 0 Å². The molecule has 1 heterocycles. The summed E-state index contributed by atoms with van der Waals surface area (Å²) >= 11 is 0. The van der Waals surface area contributed by atoms with E-state index in [4.69, 9.17) is 4.42 Å². The quantitative estimate of drug-likeness (QED) is 0.929. The van der Waals surface area contributed by atoms with Gasteiger partial charge in [-0.25, -0.2) is 4.98 Å². The van der Waals surface area contributed by atoms with Crippen LogP contribution in [0.4, 0.5) is 0 Å². The maximum Gasteiger partial charge on any atom is 0.226 e. The molecule has 4 nitrogen and oxygen atoms in total. The number of carbonyl (C=O) groups is 1. The highest BCUT2D eigenvalue weighted by atomic mass is 16.4. The van der Waals surface area contributed by atoms with Crippen molar-refractivity contribution >= 4 is 5.91 Å². The molecule has 4 aliphatic carbocycles. The molecule has 0 atom stereocenters. The van der Waals surface area contributed by atoms with Gasteiger partial charge in [-0.2, -0.15) is 0 Å². The van der Waals surface area contributed by atoms with Gasteiger partial charge in [0.1, 0.15) is 5.76 Å². The van der Waals surface area contributed by atoms with Crippen LogP contribution in [-0.4, -0.2) is 10.9 Å². The van der Waals surface area contributed by atoms with E-state index in [0.29, 0.717) is 12.4 Å². The Morgan fingerprint density at radius 1 is 1.19 bits per heavy atom. The third-order valence-corrected chi connectivity index (χ3v) is 5.99. The molecule has 1 amide bonds. The lowest BCUT2D eigenvalue weighted by Crippen LogP contribution is -2.53. The number of hydrogen-bond donors (Lipinski definition) is 1. The van der Waals surface area contributed by atoms with E-state index in [9.17, 15) is 4.79 Å². The van der Waals surface area contributed by atoms with E-state index in [-0.39, 0.29) is 11.3 Å². The van der Waals surface area contributed by atoms with Crippen LogP contribution in [0.3, 0.4) is 0 Å². The van der Waals surface area contributed by atoms with Crippen molar-refractivity contribution in [3.8, 4) is 0 Å². The van der Waals surface area contributed by atoms with Gasteiger partial charge in [0.25, 0.3) is 0 Å². The van der Waals surface area contributed by atoms with Crippen LogP contribution in [0.1, 0.15) is 55.9 Å². The van der Waals surface area contributed by atoms with Crippen molar-refractivity contribution in [2.75, 3.05) is 0 Å². The van der Waals surface area contributed by atoms with Gasteiger partial charge in [0.15, 0.2) is 0 Å². The highest BCUT2D eigenvalue weighted by Crippen LogP contribution is 2.60. The second-order valence-electron chi connectivity index (χ2n) is 7.63. The second kappa shape index (κ2) is 4.59. The van der Waals surface area contributed by atoms with E-state index in [1.807, 2.05) is 13.8 Å². The van der Waals surface area contributed by atoms with Gasteiger partial charge in [0.05, 0.1) is 12.2 Å². The van der Waals surface area contributed by atoms with Crippen LogP contribution in [0.15, 0.2) is 4.42 Å². The van der Waals surface area contributed by atoms with Crippen LogP contribution in [0.25, 0.3) is 0 Å². The fourth-order valence-electron chi connectivity index (χ4n) is 5.35. The van der Waals surface area contributed by atoms with Crippen LogP contribution in [0.5, 0.6) is 0 Å². The summed E-state index contributed by atoms with van der Waals surface area (Å²) in [5.74, 6) is 4.11. The van der Waals surface area contributed by atoms with E-state index in [0.717, 1.165) is 48.5 Å². The molecule has 0 unspecified atom stereocenters. The zero-order chi connectivity index (χ0) is 14.6. The second-order valence-corrected chi connectivity index (χ2v) is 7.63. The minimum atomic E-state index is -0.0779. The molecule has 0 spiro atoms. The predicted octanol–water partition coefficient (Wildman–Crippen LogP) is 3.12. The Hall–Kier alpha value is -1.32. The predicted molar refractivity (Wildman–Crippen MR) is 78.4 cm³/mol. The number of nitrogens with zero attached hydrogens (tertiary/aromatic N) is 1. The summed E-state index contributed by atoms with van der Waals surface area (Å²) in [5, 5.41) is 3.10. The SMILES string of the molecule is Cc1nc(CNC(=O)C23CC4CC(CC(C4)C2)C3)oc1C. The van der Waals surface area contributed by atoms with E-state index in [1.165, 1.54) is 19.3 Å². The summed E-state index contributed by atoms with van der Waals surface area (Å²) in [6.45, 7) is 4.27. The highest BCUT2D eigenvalue weighted by molar-refractivity contribution is 5.83. The molecule has 4 heteroatoms. The molecule has 1 aromatic heterocycles. The zero-order valence-corrected chi connectivity index (χ0v) is 12.9. The Morgan fingerprint density at radius 3 is 2.24 bits per heavy atom. The molecular weight excluding hydrogens is 264 g/mol. The Bertz CT molecular complexity index is 521. The fourth-order valence-corrected chi connectivity index (χ4v) is 5.35. The molecule has 0 radical (unpaired) electrons. The molecule has 114 valence electrons. The van der Waals surface area contributed by atoms with E-state index in [2.05, 4.69) is 10.3 Å². The lowest BCUT2D eigenvalue weighted by molar-refractivity contribution is -0.146. The van der Waals surface area contributed by atoms with Crippen LogP contribution >= 0.6 is 0 Å². The third kappa shape index (κ3) is 2.19. The van der Waals surface area contributed by atoms with Crippen molar-refractivity contribution in [2.45, 2.75) is 58.9 Å². The topological polar surface area (TPSA) is 55.1 Å². The summed E-state index contributed by atoms with van der Waals surface area (Å²) in [6, 6.07) is 0. The molecule has 5 rings (SSSR count). The van der Waals surface area contributed by atoms with Crippen molar-refractivity contribution in [1.82, 2.24) is 10.3 Å². The van der Waals surface area contributed by atoms with Crippen LogP contribution in [0.2, 0.25) is 0 Å². The van der Waals surface area contributed by atoms with E-state index >= 15 is 0 Å². The lowest BCUT2D eigenvalue weighted by Gasteiger charge is -2.55. The molecule has 1 aromatic rings. The molecule has 1 N–H and O–H groups in total.